The molecular formula is C17H23N3O. The Balaban J connectivity index is 2.41. The molecule has 2 rings (SSSR count). The van der Waals surface area contributed by atoms with E-state index in [1.807, 2.05) is 31.2 Å². The lowest BCUT2D eigenvalue weighted by molar-refractivity contribution is 0.0850. The van der Waals surface area contributed by atoms with E-state index in [0.717, 1.165) is 35.9 Å². The van der Waals surface area contributed by atoms with E-state index in [1.165, 1.54) is 0 Å². The molecule has 0 amide bonds. The van der Waals surface area contributed by atoms with Gasteiger partial charge in [-0.15, -0.1) is 0 Å². The lowest BCUT2D eigenvalue weighted by atomic mass is 10.1. The van der Waals surface area contributed by atoms with Crippen LogP contribution in [0.15, 0.2) is 36.4 Å². The standard InChI is InChI=1S/C17H23N3O/c1-4-14-12-15(18-5-2)20-17(19-14)16(21-6-3)13-10-8-7-9-11-13/h7-12,16H,4-6H2,1-3H3,(H,18,19,20). The third kappa shape index (κ3) is 4.02. The maximum Gasteiger partial charge on any atom is 0.164 e. The molecule has 0 saturated heterocycles. The number of ether oxygens (including phenoxy) is 1. The maximum absolute atomic E-state index is 5.89. The number of anilines is 1. The molecule has 0 fully saturated rings. The van der Waals surface area contributed by atoms with E-state index in [4.69, 9.17) is 4.74 Å². The Hall–Kier alpha value is -1.94. The summed E-state index contributed by atoms with van der Waals surface area (Å²) in [5, 5.41) is 3.26. The zero-order chi connectivity index (χ0) is 15.1. The van der Waals surface area contributed by atoms with E-state index < -0.39 is 0 Å². The van der Waals surface area contributed by atoms with Crippen molar-refractivity contribution in [3.8, 4) is 0 Å². The van der Waals surface area contributed by atoms with E-state index in [1.54, 1.807) is 0 Å². The van der Waals surface area contributed by atoms with Gasteiger partial charge in [-0.1, -0.05) is 37.3 Å². The molecule has 1 heterocycles. The molecule has 1 aromatic carbocycles. The van der Waals surface area contributed by atoms with E-state index in [-0.39, 0.29) is 6.10 Å². The first-order valence-electron chi connectivity index (χ1n) is 7.56. The van der Waals surface area contributed by atoms with Crippen LogP contribution in [0.25, 0.3) is 0 Å². The van der Waals surface area contributed by atoms with Crippen molar-refractivity contribution in [1.82, 2.24) is 9.97 Å². The minimum atomic E-state index is -0.222. The molecule has 0 aliphatic rings. The number of nitrogens with one attached hydrogen (secondary N) is 1. The van der Waals surface area contributed by atoms with Crippen LogP contribution in [0.1, 0.15) is 44.0 Å². The van der Waals surface area contributed by atoms with E-state index >= 15 is 0 Å². The third-order valence-corrected chi connectivity index (χ3v) is 3.19. The summed E-state index contributed by atoms with van der Waals surface area (Å²) in [4.78, 5) is 9.27. The topological polar surface area (TPSA) is 47.0 Å². The number of hydrogen-bond donors (Lipinski definition) is 1. The Bertz CT molecular complexity index is 557. The largest absolute Gasteiger partial charge is 0.370 e. The molecule has 0 bridgehead atoms. The van der Waals surface area contributed by atoms with Crippen molar-refractivity contribution in [2.45, 2.75) is 33.3 Å². The lowest BCUT2D eigenvalue weighted by Crippen LogP contribution is -2.13. The highest BCUT2D eigenvalue weighted by molar-refractivity contribution is 5.37. The van der Waals surface area contributed by atoms with Crippen molar-refractivity contribution in [2.24, 2.45) is 0 Å². The molecule has 0 spiro atoms. The molecule has 112 valence electrons. The summed E-state index contributed by atoms with van der Waals surface area (Å²) in [6.45, 7) is 7.61. The number of nitrogens with zero attached hydrogens (tertiary/aromatic N) is 2. The Morgan fingerprint density at radius 2 is 1.86 bits per heavy atom. The number of benzene rings is 1. The fourth-order valence-electron chi connectivity index (χ4n) is 2.20. The second-order valence-electron chi connectivity index (χ2n) is 4.73. The summed E-state index contributed by atoms with van der Waals surface area (Å²) in [5.74, 6) is 1.58. The zero-order valence-corrected chi connectivity index (χ0v) is 13.0. The van der Waals surface area contributed by atoms with Crippen molar-refractivity contribution in [3.05, 3.63) is 53.5 Å². The van der Waals surface area contributed by atoms with Crippen LogP contribution in [-0.2, 0) is 11.2 Å². The highest BCUT2D eigenvalue weighted by Crippen LogP contribution is 2.24. The summed E-state index contributed by atoms with van der Waals surface area (Å²) < 4.78 is 5.89. The SMILES string of the molecule is CCNc1cc(CC)nc(C(OCC)c2ccccc2)n1. The first kappa shape index (κ1) is 15.4. The summed E-state index contributed by atoms with van der Waals surface area (Å²) in [6.07, 6.45) is 0.654. The molecule has 1 unspecified atom stereocenters. The van der Waals surface area contributed by atoms with Crippen molar-refractivity contribution >= 4 is 5.82 Å². The first-order valence-corrected chi connectivity index (χ1v) is 7.56. The average molecular weight is 285 g/mol. The Labute approximate surface area is 126 Å². The van der Waals surface area contributed by atoms with Crippen LogP contribution in [0.4, 0.5) is 5.82 Å². The number of aromatic nitrogens is 2. The quantitative estimate of drug-likeness (QED) is 0.844. The molecule has 2 aromatic rings. The van der Waals surface area contributed by atoms with Gasteiger partial charge < -0.3 is 10.1 Å². The molecule has 0 aliphatic heterocycles. The van der Waals surface area contributed by atoms with Gasteiger partial charge in [0.1, 0.15) is 11.9 Å². The van der Waals surface area contributed by atoms with E-state index in [2.05, 4.69) is 41.3 Å². The molecular weight excluding hydrogens is 262 g/mol. The van der Waals surface area contributed by atoms with Gasteiger partial charge in [-0.25, -0.2) is 9.97 Å². The van der Waals surface area contributed by atoms with Crippen LogP contribution < -0.4 is 5.32 Å². The molecule has 1 N–H and O–H groups in total. The van der Waals surface area contributed by atoms with Gasteiger partial charge in [0.25, 0.3) is 0 Å². The zero-order valence-electron chi connectivity index (χ0n) is 13.0. The molecule has 0 radical (unpaired) electrons. The van der Waals surface area contributed by atoms with Crippen LogP contribution in [0.3, 0.4) is 0 Å². The Morgan fingerprint density at radius 1 is 1.10 bits per heavy atom. The normalized spacial score (nSPS) is 12.1. The summed E-state index contributed by atoms with van der Waals surface area (Å²) in [6, 6.07) is 12.1. The summed E-state index contributed by atoms with van der Waals surface area (Å²) in [5.41, 5.74) is 2.10. The second-order valence-corrected chi connectivity index (χ2v) is 4.73. The van der Waals surface area contributed by atoms with Gasteiger partial charge in [0.05, 0.1) is 0 Å². The average Bonchev–Trinajstić information content (AvgIpc) is 2.53. The van der Waals surface area contributed by atoms with E-state index in [0.29, 0.717) is 6.61 Å². The maximum atomic E-state index is 5.89. The Morgan fingerprint density at radius 3 is 2.48 bits per heavy atom. The summed E-state index contributed by atoms with van der Waals surface area (Å²) >= 11 is 0. The molecule has 0 aliphatic carbocycles. The van der Waals surface area contributed by atoms with Gasteiger partial charge in [0.2, 0.25) is 0 Å². The van der Waals surface area contributed by atoms with Gasteiger partial charge in [0.15, 0.2) is 5.82 Å². The van der Waals surface area contributed by atoms with Crippen molar-refractivity contribution in [1.29, 1.82) is 0 Å². The fraction of sp³-hybridized carbons (Fsp3) is 0.412. The van der Waals surface area contributed by atoms with Crippen LogP contribution in [-0.4, -0.2) is 23.1 Å². The van der Waals surface area contributed by atoms with E-state index in [9.17, 15) is 0 Å². The molecule has 21 heavy (non-hydrogen) atoms. The smallest absolute Gasteiger partial charge is 0.164 e. The highest BCUT2D eigenvalue weighted by atomic mass is 16.5. The van der Waals surface area contributed by atoms with Crippen molar-refractivity contribution in [3.63, 3.8) is 0 Å². The van der Waals surface area contributed by atoms with Gasteiger partial charge in [-0.05, 0) is 25.8 Å². The summed E-state index contributed by atoms with van der Waals surface area (Å²) in [7, 11) is 0. The predicted molar refractivity (Wildman–Crippen MR) is 85.5 cm³/mol. The number of hydrogen-bond acceptors (Lipinski definition) is 4. The minimum Gasteiger partial charge on any atom is -0.370 e. The van der Waals surface area contributed by atoms with Gasteiger partial charge in [0, 0.05) is 24.9 Å². The first-order chi connectivity index (χ1) is 10.3. The van der Waals surface area contributed by atoms with Crippen LogP contribution in [0.2, 0.25) is 0 Å². The minimum absolute atomic E-state index is 0.222. The highest BCUT2D eigenvalue weighted by Gasteiger charge is 2.18. The van der Waals surface area contributed by atoms with Crippen LogP contribution >= 0.6 is 0 Å². The van der Waals surface area contributed by atoms with Gasteiger partial charge in [-0.2, -0.15) is 0 Å². The van der Waals surface area contributed by atoms with Gasteiger partial charge in [-0.3, -0.25) is 0 Å². The Kier molecular flexibility index (Phi) is 5.69. The van der Waals surface area contributed by atoms with Crippen molar-refractivity contribution in [2.75, 3.05) is 18.5 Å². The number of aryl methyl sites for hydroxylation is 1. The third-order valence-electron chi connectivity index (χ3n) is 3.19. The van der Waals surface area contributed by atoms with Crippen LogP contribution in [0.5, 0.6) is 0 Å². The molecule has 4 nitrogen and oxygen atoms in total. The predicted octanol–water partition coefficient (Wildman–Crippen LogP) is 3.60. The second kappa shape index (κ2) is 7.74. The molecule has 0 saturated carbocycles. The van der Waals surface area contributed by atoms with Crippen LogP contribution in [0, 0.1) is 0 Å². The van der Waals surface area contributed by atoms with Gasteiger partial charge >= 0.3 is 0 Å². The molecule has 4 heteroatoms. The van der Waals surface area contributed by atoms with Crippen molar-refractivity contribution < 1.29 is 4.74 Å². The monoisotopic (exact) mass is 285 g/mol. The number of rotatable bonds is 7. The fourth-order valence-corrected chi connectivity index (χ4v) is 2.20. The molecule has 1 atom stereocenters. The molecule has 1 aromatic heterocycles. The lowest BCUT2D eigenvalue weighted by Gasteiger charge is -2.18.